The number of nitrogens with zero attached hydrogens (tertiary/aromatic N) is 2. The van der Waals surface area contributed by atoms with E-state index in [-0.39, 0.29) is 0 Å². The number of methoxy groups -OCH3 is 1. The molecule has 1 rings (SSSR count). The summed E-state index contributed by atoms with van der Waals surface area (Å²) < 4.78 is 4.85. The van der Waals surface area contributed by atoms with Gasteiger partial charge in [0.15, 0.2) is 0 Å². The number of hydrogen-bond donors (Lipinski definition) is 0. The minimum absolute atomic E-state index is 0.378. The van der Waals surface area contributed by atoms with Crippen molar-refractivity contribution in [2.75, 3.05) is 7.11 Å². The molecular weight excluding hydrogens is 192 g/mol. The van der Waals surface area contributed by atoms with Crippen LogP contribution < -0.4 is 4.74 Å². The van der Waals surface area contributed by atoms with Gasteiger partial charge in [0.1, 0.15) is 8.07 Å². The molecule has 0 saturated carbocycles. The third-order valence-electron chi connectivity index (χ3n) is 1.39. The lowest BCUT2D eigenvalue weighted by Gasteiger charge is -2.03. The van der Waals surface area contributed by atoms with E-state index in [1.165, 1.54) is 0 Å². The van der Waals surface area contributed by atoms with E-state index in [1.807, 2.05) is 0 Å². The Morgan fingerprint density at radius 2 is 1.79 bits per heavy atom. The van der Waals surface area contributed by atoms with Crippen LogP contribution in [0, 0.1) is 11.5 Å². The van der Waals surface area contributed by atoms with Crippen molar-refractivity contribution in [1.29, 1.82) is 0 Å². The third kappa shape index (κ3) is 3.58. The van der Waals surface area contributed by atoms with E-state index in [0.717, 1.165) is 5.56 Å². The minimum atomic E-state index is -1.31. The topological polar surface area (TPSA) is 35.0 Å². The molecule has 1 aromatic rings. The Bertz CT molecular complexity index is 356. The Morgan fingerprint density at radius 1 is 1.21 bits per heavy atom. The lowest BCUT2D eigenvalue weighted by molar-refractivity contribution is 0.379. The molecule has 0 N–H and O–H groups in total. The van der Waals surface area contributed by atoms with Gasteiger partial charge in [0, 0.05) is 12.4 Å². The molecule has 3 nitrogen and oxygen atoms in total. The van der Waals surface area contributed by atoms with Gasteiger partial charge in [-0.15, -0.1) is 5.54 Å². The lowest BCUT2D eigenvalue weighted by atomic mass is 10.4. The summed E-state index contributed by atoms with van der Waals surface area (Å²) >= 11 is 0. The van der Waals surface area contributed by atoms with Gasteiger partial charge in [0.25, 0.3) is 0 Å². The van der Waals surface area contributed by atoms with Crippen molar-refractivity contribution in [2.45, 2.75) is 19.6 Å². The third-order valence-corrected chi connectivity index (χ3v) is 2.27. The van der Waals surface area contributed by atoms with E-state index >= 15 is 0 Å². The predicted molar refractivity (Wildman–Crippen MR) is 58.8 cm³/mol. The molecule has 0 fully saturated rings. The number of hydrogen-bond acceptors (Lipinski definition) is 3. The molecule has 0 aromatic carbocycles. The average molecular weight is 206 g/mol. The van der Waals surface area contributed by atoms with Gasteiger partial charge in [-0.1, -0.05) is 25.6 Å². The molecule has 0 radical (unpaired) electrons. The molecular formula is C10H14N2OSi. The summed E-state index contributed by atoms with van der Waals surface area (Å²) in [6.07, 6.45) is 3.36. The van der Waals surface area contributed by atoms with E-state index in [9.17, 15) is 0 Å². The molecule has 0 aliphatic heterocycles. The van der Waals surface area contributed by atoms with E-state index < -0.39 is 8.07 Å². The van der Waals surface area contributed by atoms with Gasteiger partial charge in [-0.3, -0.25) is 0 Å². The smallest absolute Gasteiger partial charge is 0.316 e. The summed E-state index contributed by atoms with van der Waals surface area (Å²) in [5.41, 5.74) is 4.08. The summed E-state index contributed by atoms with van der Waals surface area (Å²) in [6, 6.07) is 0.378. The van der Waals surface area contributed by atoms with Gasteiger partial charge in [-0.25, -0.2) is 9.97 Å². The van der Waals surface area contributed by atoms with Crippen molar-refractivity contribution in [2.24, 2.45) is 0 Å². The predicted octanol–water partition coefficient (Wildman–Crippen LogP) is 1.71. The minimum Gasteiger partial charge on any atom is -0.467 e. The van der Waals surface area contributed by atoms with Crippen LogP contribution in [0.4, 0.5) is 0 Å². The van der Waals surface area contributed by atoms with Crippen LogP contribution in [-0.2, 0) is 0 Å². The van der Waals surface area contributed by atoms with Crippen molar-refractivity contribution in [1.82, 2.24) is 9.97 Å². The SMILES string of the molecule is COc1ncc(C#C[Si](C)(C)C)cn1. The lowest BCUT2D eigenvalue weighted by Crippen LogP contribution is -2.16. The maximum atomic E-state index is 4.85. The number of ether oxygens (including phenoxy) is 1. The first-order chi connectivity index (χ1) is 6.51. The first-order valence-electron chi connectivity index (χ1n) is 4.40. The highest BCUT2D eigenvalue weighted by molar-refractivity contribution is 6.83. The second-order valence-corrected chi connectivity index (χ2v) is 8.71. The van der Waals surface area contributed by atoms with Gasteiger partial charge in [0.05, 0.1) is 12.7 Å². The highest BCUT2D eigenvalue weighted by Crippen LogP contribution is 2.01. The molecule has 0 unspecified atom stereocenters. The van der Waals surface area contributed by atoms with E-state index in [0.29, 0.717) is 6.01 Å². The normalized spacial score (nSPS) is 10.3. The summed E-state index contributed by atoms with van der Waals surface area (Å²) in [7, 11) is 0.235. The molecule has 1 heterocycles. The fraction of sp³-hybridized carbons (Fsp3) is 0.400. The second kappa shape index (κ2) is 4.25. The van der Waals surface area contributed by atoms with Crippen molar-refractivity contribution < 1.29 is 4.74 Å². The zero-order valence-electron chi connectivity index (χ0n) is 8.96. The van der Waals surface area contributed by atoms with Gasteiger partial charge in [0.2, 0.25) is 0 Å². The molecule has 74 valence electrons. The second-order valence-electron chi connectivity index (χ2n) is 3.96. The molecule has 4 heteroatoms. The Kier molecular flexibility index (Phi) is 3.26. The van der Waals surface area contributed by atoms with Crippen LogP contribution in [0.2, 0.25) is 19.6 Å². The fourth-order valence-electron chi connectivity index (χ4n) is 0.746. The first-order valence-corrected chi connectivity index (χ1v) is 7.90. The number of aromatic nitrogens is 2. The average Bonchev–Trinajstić information content (AvgIpc) is 2.14. The quantitative estimate of drug-likeness (QED) is 0.518. The van der Waals surface area contributed by atoms with E-state index in [1.54, 1.807) is 19.5 Å². The largest absolute Gasteiger partial charge is 0.467 e. The van der Waals surface area contributed by atoms with Crippen molar-refractivity contribution >= 4 is 8.07 Å². The Balaban J connectivity index is 2.82. The van der Waals surface area contributed by atoms with Crippen molar-refractivity contribution in [3.05, 3.63) is 18.0 Å². The van der Waals surface area contributed by atoms with Gasteiger partial charge in [-0.05, 0) is 0 Å². The van der Waals surface area contributed by atoms with Crippen molar-refractivity contribution in [3.8, 4) is 17.5 Å². The van der Waals surface area contributed by atoms with Crippen LogP contribution in [0.1, 0.15) is 5.56 Å². The van der Waals surface area contributed by atoms with Crippen LogP contribution in [0.3, 0.4) is 0 Å². The fourth-order valence-corrected chi connectivity index (χ4v) is 1.27. The van der Waals surface area contributed by atoms with Crippen molar-refractivity contribution in [3.63, 3.8) is 0 Å². The first kappa shape index (κ1) is 10.7. The van der Waals surface area contributed by atoms with Crippen LogP contribution >= 0.6 is 0 Å². The molecule has 14 heavy (non-hydrogen) atoms. The van der Waals surface area contributed by atoms with Crippen LogP contribution in [0.15, 0.2) is 12.4 Å². The summed E-state index contributed by atoms with van der Waals surface area (Å²) in [6.45, 7) is 6.60. The number of rotatable bonds is 1. The van der Waals surface area contributed by atoms with E-state index in [2.05, 4.69) is 41.1 Å². The monoisotopic (exact) mass is 206 g/mol. The zero-order chi connectivity index (χ0) is 10.6. The highest BCUT2D eigenvalue weighted by Gasteiger charge is 2.07. The summed E-state index contributed by atoms with van der Waals surface area (Å²) in [5.74, 6) is 3.07. The standard InChI is InChI=1S/C10H14N2OSi/c1-13-10-11-7-9(8-12-10)5-6-14(2,3)4/h7-8H,1-4H3. The molecule has 0 aliphatic rings. The van der Waals surface area contributed by atoms with Crippen LogP contribution in [-0.4, -0.2) is 25.2 Å². The molecule has 0 spiro atoms. The van der Waals surface area contributed by atoms with E-state index in [4.69, 9.17) is 4.74 Å². The maximum absolute atomic E-state index is 4.85. The summed E-state index contributed by atoms with van der Waals surface area (Å²) in [5, 5.41) is 0. The Morgan fingerprint density at radius 3 is 2.21 bits per heavy atom. The van der Waals surface area contributed by atoms with Crippen LogP contribution in [0.5, 0.6) is 6.01 Å². The zero-order valence-corrected chi connectivity index (χ0v) is 9.96. The molecule has 0 atom stereocenters. The maximum Gasteiger partial charge on any atom is 0.316 e. The molecule has 0 bridgehead atoms. The van der Waals surface area contributed by atoms with Gasteiger partial charge < -0.3 is 4.74 Å². The Hall–Kier alpha value is -1.34. The van der Waals surface area contributed by atoms with Crippen LogP contribution in [0.25, 0.3) is 0 Å². The molecule has 0 aliphatic carbocycles. The highest BCUT2D eigenvalue weighted by atomic mass is 28.3. The molecule has 0 amide bonds. The summed E-state index contributed by atoms with van der Waals surface area (Å²) in [4.78, 5) is 7.95. The Labute approximate surface area is 85.6 Å². The molecule has 0 saturated heterocycles. The van der Waals surface area contributed by atoms with Gasteiger partial charge >= 0.3 is 6.01 Å². The van der Waals surface area contributed by atoms with Gasteiger partial charge in [-0.2, -0.15) is 0 Å². The molecule has 1 aromatic heterocycles.